The van der Waals surface area contributed by atoms with E-state index < -0.39 is 48.7 Å². The Morgan fingerprint density at radius 3 is 2.29 bits per heavy atom. The molecule has 3 rings (SSSR count). The molecule has 2 aromatic rings. The van der Waals surface area contributed by atoms with Crippen molar-refractivity contribution in [1.82, 2.24) is 10.6 Å². The molecule has 0 saturated carbocycles. The Morgan fingerprint density at radius 1 is 1.06 bits per heavy atom. The Bertz CT molecular complexity index is 1150. The topological polar surface area (TPSA) is 153 Å². The van der Waals surface area contributed by atoms with Crippen molar-refractivity contribution in [2.45, 2.75) is 25.4 Å². The van der Waals surface area contributed by atoms with Crippen LogP contribution in [0.5, 0.6) is 0 Å². The van der Waals surface area contributed by atoms with Crippen LogP contribution in [0.15, 0.2) is 54.6 Å². The smallest absolute Gasteiger partial charge is 0.305 e. The molecule has 0 radical (unpaired) electrons. The highest BCUT2D eigenvalue weighted by Gasteiger charge is 2.37. The van der Waals surface area contributed by atoms with E-state index in [9.17, 15) is 28.8 Å². The summed E-state index contributed by atoms with van der Waals surface area (Å²) in [6.45, 7) is 0.585. The highest BCUT2D eigenvalue weighted by Crippen LogP contribution is 2.32. The number of hydrogen-bond acceptors (Lipinski definition) is 6. The molecule has 35 heavy (non-hydrogen) atoms. The maximum absolute atomic E-state index is 13.5. The zero-order chi connectivity index (χ0) is 25.5. The highest BCUT2D eigenvalue weighted by atomic mass is 16.4. The minimum atomic E-state index is -1.28. The molecule has 2 unspecified atom stereocenters. The predicted molar refractivity (Wildman–Crippen MR) is 125 cm³/mol. The van der Waals surface area contributed by atoms with E-state index in [0.717, 1.165) is 4.90 Å². The molecule has 11 heteroatoms. The molecule has 3 N–H and O–H groups in total. The van der Waals surface area contributed by atoms with Crippen molar-refractivity contribution >= 4 is 47.3 Å². The Hall–Kier alpha value is -4.54. The van der Waals surface area contributed by atoms with Crippen molar-refractivity contribution in [3.8, 4) is 0 Å². The number of nitrogens with one attached hydrogen (secondary N) is 2. The summed E-state index contributed by atoms with van der Waals surface area (Å²) in [4.78, 5) is 75.9. The summed E-state index contributed by atoms with van der Waals surface area (Å²) < 4.78 is 0. The monoisotopic (exact) mass is 480 g/mol. The van der Waals surface area contributed by atoms with E-state index in [4.69, 9.17) is 5.11 Å². The van der Waals surface area contributed by atoms with Crippen molar-refractivity contribution in [2.24, 2.45) is 0 Å². The van der Waals surface area contributed by atoms with Crippen LogP contribution in [0, 0.1) is 0 Å². The van der Waals surface area contributed by atoms with Gasteiger partial charge >= 0.3 is 5.97 Å². The van der Waals surface area contributed by atoms with Crippen molar-refractivity contribution < 1.29 is 33.9 Å². The molecule has 11 nitrogen and oxygen atoms in total. The van der Waals surface area contributed by atoms with Gasteiger partial charge in [-0.05, 0) is 24.3 Å². The van der Waals surface area contributed by atoms with Gasteiger partial charge in [0.2, 0.25) is 11.8 Å². The summed E-state index contributed by atoms with van der Waals surface area (Å²) >= 11 is 0. The minimum Gasteiger partial charge on any atom is -0.481 e. The van der Waals surface area contributed by atoms with E-state index in [0.29, 0.717) is 17.5 Å². The van der Waals surface area contributed by atoms with Crippen LogP contribution in [0.3, 0.4) is 0 Å². The van der Waals surface area contributed by atoms with Gasteiger partial charge in [0.05, 0.1) is 30.4 Å². The van der Waals surface area contributed by atoms with Gasteiger partial charge in [-0.25, -0.2) is 0 Å². The molecule has 1 aliphatic heterocycles. The van der Waals surface area contributed by atoms with Gasteiger partial charge in [-0.2, -0.15) is 0 Å². The zero-order valence-electron chi connectivity index (χ0n) is 18.8. The number of carboxylic acids is 1. The molecule has 4 amide bonds. The summed E-state index contributed by atoms with van der Waals surface area (Å²) in [5.41, 5.74) is 0.915. The quantitative estimate of drug-likeness (QED) is 0.461. The molecule has 2 atom stereocenters. The van der Waals surface area contributed by atoms with Gasteiger partial charge in [0, 0.05) is 12.5 Å². The number of para-hydroxylation sites is 2. The minimum absolute atomic E-state index is 0.169. The van der Waals surface area contributed by atoms with Gasteiger partial charge in [0.15, 0.2) is 0 Å². The molecule has 0 aromatic heterocycles. The Morgan fingerprint density at radius 2 is 1.69 bits per heavy atom. The molecule has 1 heterocycles. The molecular weight excluding hydrogens is 456 g/mol. The maximum Gasteiger partial charge on any atom is 0.305 e. The standard InChI is InChI=1S/C24H24N4O7/c1-15(30)27-12-18(26-23(34)16-7-3-2-4-8-16)24(35)28(20-10-6-5-9-19(20)27)13-21(31)25-17(14-29)11-22(32)33/h2-10,14,17-18H,11-13H2,1H3,(H,25,31)(H,26,34)(H,32,33). The van der Waals surface area contributed by atoms with Crippen LogP contribution in [-0.4, -0.2) is 66.2 Å². The van der Waals surface area contributed by atoms with Crippen molar-refractivity contribution in [1.29, 1.82) is 0 Å². The SMILES string of the molecule is CC(=O)N1CC(NC(=O)c2ccccc2)C(=O)N(CC(=O)NC(C=O)CC(=O)O)c2ccccc21. The number of nitrogens with zero attached hydrogens (tertiary/aromatic N) is 2. The first-order valence-electron chi connectivity index (χ1n) is 10.7. The first kappa shape index (κ1) is 25.1. The second-order valence-corrected chi connectivity index (χ2v) is 7.84. The summed E-state index contributed by atoms with van der Waals surface area (Å²) in [5.74, 6) is -3.62. The number of carbonyl (C=O) groups is 6. The number of hydrogen-bond donors (Lipinski definition) is 3. The third-order valence-corrected chi connectivity index (χ3v) is 5.32. The van der Waals surface area contributed by atoms with E-state index in [1.807, 2.05) is 0 Å². The lowest BCUT2D eigenvalue weighted by molar-refractivity contribution is -0.139. The predicted octanol–water partition coefficient (Wildman–Crippen LogP) is 0.343. The summed E-state index contributed by atoms with van der Waals surface area (Å²) in [7, 11) is 0. The molecule has 0 bridgehead atoms. The van der Waals surface area contributed by atoms with Gasteiger partial charge in [-0.1, -0.05) is 30.3 Å². The third-order valence-electron chi connectivity index (χ3n) is 5.32. The lowest BCUT2D eigenvalue weighted by Gasteiger charge is -2.25. The highest BCUT2D eigenvalue weighted by molar-refractivity contribution is 6.10. The average Bonchev–Trinajstić information content (AvgIpc) is 2.94. The summed E-state index contributed by atoms with van der Waals surface area (Å²) in [6.07, 6.45) is -0.321. The Balaban J connectivity index is 1.93. The van der Waals surface area contributed by atoms with Gasteiger partial charge < -0.3 is 25.4 Å². The molecular formula is C24H24N4O7. The summed E-state index contributed by atoms with van der Waals surface area (Å²) in [6, 6.07) is 12.2. The van der Waals surface area contributed by atoms with Crippen LogP contribution in [0.1, 0.15) is 23.7 Å². The van der Waals surface area contributed by atoms with E-state index >= 15 is 0 Å². The number of aldehydes is 1. The first-order valence-corrected chi connectivity index (χ1v) is 10.7. The second-order valence-electron chi connectivity index (χ2n) is 7.84. The zero-order valence-corrected chi connectivity index (χ0v) is 18.8. The van der Waals surface area contributed by atoms with Crippen molar-refractivity contribution in [2.75, 3.05) is 22.9 Å². The van der Waals surface area contributed by atoms with Crippen LogP contribution in [-0.2, 0) is 24.0 Å². The summed E-state index contributed by atoms with van der Waals surface area (Å²) in [5, 5.41) is 13.8. The fourth-order valence-electron chi connectivity index (χ4n) is 3.70. The maximum atomic E-state index is 13.5. The number of anilines is 2. The molecule has 0 spiro atoms. The fourth-order valence-corrected chi connectivity index (χ4v) is 3.70. The molecule has 1 aliphatic rings. The number of amides is 4. The molecule has 0 aliphatic carbocycles. The Labute approximate surface area is 200 Å². The van der Waals surface area contributed by atoms with E-state index in [1.165, 1.54) is 11.8 Å². The normalized spacial score (nSPS) is 15.9. The molecule has 0 fully saturated rings. The second kappa shape index (κ2) is 11.1. The molecule has 0 saturated heterocycles. The van der Waals surface area contributed by atoms with E-state index in [-0.39, 0.29) is 18.1 Å². The lowest BCUT2D eigenvalue weighted by atomic mass is 10.1. The number of aliphatic carboxylic acids is 1. The van der Waals surface area contributed by atoms with Crippen molar-refractivity contribution in [3.05, 3.63) is 60.2 Å². The van der Waals surface area contributed by atoms with Gasteiger partial charge in [0.25, 0.3) is 11.8 Å². The number of carbonyl (C=O) groups excluding carboxylic acids is 5. The third kappa shape index (κ3) is 6.08. The number of carboxylic acid groups (broad SMARTS) is 1. The number of benzene rings is 2. The molecule has 182 valence electrons. The fraction of sp³-hybridized carbons (Fsp3) is 0.250. The lowest BCUT2D eigenvalue weighted by Crippen LogP contribution is -2.54. The first-order chi connectivity index (χ1) is 16.7. The van der Waals surface area contributed by atoms with Crippen LogP contribution in [0.2, 0.25) is 0 Å². The largest absolute Gasteiger partial charge is 0.481 e. The van der Waals surface area contributed by atoms with Crippen LogP contribution >= 0.6 is 0 Å². The number of fused-ring (bicyclic) bond motifs is 1. The molecule has 2 aromatic carbocycles. The number of rotatable bonds is 8. The average molecular weight is 480 g/mol. The van der Waals surface area contributed by atoms with E-state index in [2.05, 4.69) is 10.6 Å². The van der Waals surface area contributed by atoms with Gasteiger partial charge in [-0.15, -0.1) is 0 Å². The van der Waals surface area contributed by atoms with Gasteiger partial charge in [-0.3, -0.25) is 28.9 Å². The van der Waals surface area contributed by atoms with Crippen LogP contribution in [0.25, 0.3) is 0 Å². The van der Waals surface area contributed by atoms with Gasteiger partial charge in [0.1, 0.15) is 18.9 Å². The van der Waals surface area contributed by atoms with Crippen molar-refractivity contribution in [3.63, 3.8) is 0 Å². The van der Waals surface area contributed by atoms with E-state index in [1.54, 1.807) is 54.6 Å². The Kier molecular flexibility index (Phi) is 7.92. The van der Waals surface area contributed by atoms with Crippen LogP contribution in [0.4, 0.5) is 11.4 Å². The van der Waals surface area contributed by atoms with Crippen LogP contribution < -0.4 is 20.4 Å².